The van der Waals surface area contributed by atoms with Crippen LogP contribution in [0.3, 0.4) is 0 Å². The maximum absolute atomic E-state index is 12.2. The summed E-state index contributed by atoms with van der Waals surface area (Å²) in [5.74, 6) is -1.51. The molecule has 1 aliphatic heterocycles. The van der Waals surface area contributed by atoms with Gasteiger partial charge in [-0.2, -0.15) is 13.2 Å². The van der Waals surface area contributed by atoms with Crippen molar-refractivity contribution >= 4 is 18.0 Å². The number of carbonyl (C=O) groups excluding carboxylic acids is 3. The minimum Gasteiger partial charge on any atom is -0.465 e. The number of halogens is 3. The van der Waals surface area contributed by atoms with Gasteiger partial charge in [0.15, 0.2) is 0 Å². The van der Waals surface area contributed by atoms with Gasteiger partial charge in [-0.05, 0) is 47.0 Å². The Hall–Kier alpha value is -2.00. The normalized spacial score (nSPS) is 14.9. The number of alkyl halides is 3. The summed E-state index contributed by atoms with van der Waals surface area (Å²) in [5.41, 5.74) is -1.97. The van der Waals surface area contributed by atoms with E-state index in [0.29, 0.717) is 0 Å². The first-order chi connectivity index (χ1) is 13.6. The van der Waals surface area contributed by atoms with Gasteiger partial charge in [-0.3, -0.25) is 9.59 Å². The molecular weight excluding hydrogens is 405 g/mol. The highest BCUT2D eigenvalue weighted by Gasteiger charge is 2.41. The first kappa shape index (κ1) is 28.0. The molecule has 1 heterocycles. The number of rotatable bonds is 5. The standard InChI is InChI=1S/C10H16F3NO3.C10H19NO2/c1-4-17-7(15)5-14-8(16)9(2,3)6-10(11,12)13;1-10(2,3)13-9(12)11-7-5-4-6-8-11/h4-6H2,1-3H3,(H,14,16);4-8H2,1-3H3. The molecule has 1 rings (SSSR count). The third-order valence-corrected chi connectivity index (χ3v) is 3.96. The molecule has 0 aliphatic carbocycles. The van der Waals surface area contributed by atoms with E-state index >= 15 is 0 Å². The van der Waals surface area contributed by atoms with Crippen LogP contribution in [0.5, 0.6) is 0 Å². The molecule has 0 bridgehead atoms. The van der Waals surface area contributed by atoms with E-state index < -0.39 is 36.4 Å². The van der Waals surface area contributed by atoms with E-state index in [2.05, 4.69) is 10.1 Å². The van der Waals surface area contributed by atoms with Gasteiger partial charge < -0.3 is 19.7 Å². The van der Waals surface area contributed by atoms with Crippen molar-refractivity contribution in [2.75, 3.05) is 26.2 Å². The first-order valence-electron chi connectivity index (χ1n) is 10.1. The Morgan fingerprint density at radius 2 is 1.50 bits per heavy atom. The second kappa shape index (κ2) is 12.0. The topological polar surface area (TPSA) is 84.9 Å². The van der Waals surface area contributed by atoms with Crippen LogP contribution in [0.25, 0.3) is 0 Å². The van der Waals surface area contributed by atoms with Crippen molar-refractivity contribution in [2.24, 2.45) is 5.41 Å². The number of nitrogens with zero attached hydrogens (tertiary/aromatic N) is 1. The highest BCUT2D eigenvalue weighted by molar-refractivity contribution is 5.85. The Kier molecular flexibility index (Phi) is 11.2. The molecule has 0 saturated carbocycles. The number of ether oxygens (including phenoxy) is 2. The second-order valence-electron chi connectivity index (χ2n) is 8.69. The van der Waals surface area contributed by atoms with E-state index in [0.717, 1.165) is 25.9 Å². The van der Waals surface area contributed by atoms with Crippen molar-refractivity contribution in [2.45, 2.75) is 79.0 Å². The van der Waals surface area contributed by atoms with E-state index in [1.807, 2.05) is 20.8 Å². The molecular formula is C20H35F3N2O5. The molecule has 176 valence electrons. The highest BCUT2D eigenvalue weighted by atomic mass is 19.4. The summed E-state index contributed by atoms with van der Waals surface area (Å²) in [6.07, 6.45) is -2.37. The van der Waals surface area contributed by atoms with Crippen molar-refractivity contribution in [1.29, 1.82) is 0 Å². The number of hydrogen-bond donors (Lipinski definition) is 1. The average molecular weight is 441 g/mol. The van der Waals surface area contributed by atoms with Gasteiger partial charge in [0, 0.05) is 13.1 Å². The van der Waals surface area contributed by atoms with E-state index in [9.17, 15) is 27.6 Å². The summed E-state index contributed by atoms with van der Waals surface area (Å²) in [7, 11) is 0. The summed E-state index contributed by atoms with van der Waals surface area (Å²) >= 11 is 0. The van der Waals surface area contributed by atoms with Crippen LogP contribution in [0.2, 0.25) is 0 Å². The molecule has 1 fully saturated rings. The third-order valence-electron chi connectivity index (χ3n) is 3.96. The predicted molar refractivity (Wildman–Crippen MR) is 106 cm³/mol. The average Bonchev–Trinajstić information content (AvgIpc) is 2.57. The van der Waals surface area contributed by atoms with E-state index in [4.69, 9.17) is 4.74 Å². The number of carbonyl (C=O) groups is 3. The molecule has 0 radical (unpaired) electrons. The fourth-order valence-electron chi connectivity index (χ4n) is 2.59. The maximum Gasteiger partial charge on any atom is 0.410 e. The van der Waals surface area contributed by atoms with E-state index in [1.165, 1.54) is 20.3 Å². The van der Waals surface area contributed by atoms with Gasteiger partial charge in [-0.1, -0.05) is 13.8 Å². The van der Waals surface area contributed by atoms with E-state index in [-0.39, 0.29) is 18.3 Å². The maximum atomic E-state index is 12.2. The largest absolute Gasteiger partial charge is 0.465 e. The summed E-state index contributed by atoms with van der Waals surface area (Å²) in [5, 5.41) is 2.12. The lowest BCUT2D eigenvalue weighted by Gasteiger charge is -2.29. The molecule has 7 nitrogen and oxygen atoms in total. The third kappa shape index (κ3) is 13.3. The minimum atomic E-state index is -4.43. The quantitative estimate of drug-likeness (QED) is 0.652. The van der Waals surface area contributed by atoms with Crippen molar-refractivity contribution < 1.29 is 37.0 Å². The molecule has 0 unspecified atom stereocenters. The Balaban J connectivity index is 0.000000579. The zero-order valence-electron chi connectivity index (χ0n) is 18.8. The van der Waals surface area contributed by atoms with Crippen LogP contribution in [0, 0.1) is 5.41 Å². The Morgan fingerprint density at radius 1 is 0.967 bits per heavy atom. The lowest BCUT2D eigenvalue weighted by molar-refractivity contribution is -0.165. The summed E-state index contributed by atoms with van der Waals surface area (Å²) < 4.78 is 46.3. The molecule has 2 amide bonds. The Morgan fingerprint density at radius 3 is 1.93 bits per heavy atom. The minimum absolute atomic E-state index is 0.153. The molecule has 0 aromatic carbocycles. The fraction of sp³-hybridized carbons (Fsp3) is 0.850. The smallest absolute Gasteiger partial charge is 0.410 e. The SMILES string of the molecule is CC(C)(C)OC(=O)N1CCCCC1.CCOC(=O)CNC(=O)C(C)(C)CC(F)(F)F. The monoisotopic (exact) mass is 440 g/mol. The zero-order valence-corrected chi connectivity index (χ0v) is 18.8. The zero-order chi connectivity index (χ0) is 23.6. The van der Waals surface area contributed by atoms with Crippen molar-refractivity contribution in [3.8, 4) is 0 Å². The van der Waals surface area contributed by atoms with E-state index in [1.54, 1.807) is 11.8 Å². The number of esters is 1. The second-order valence-corrected chi connectivity index (χ2v) is 8.69. The summed E-state index contributed by atoms with van der Waals surface area (Å²) in [6.45, 7) is 11.1. The molecule has 0 aromatic heterocycles. The Labute approximate surface area is 176 Å². The molecule has 1 aliphatic rings. The van der Waals surface area contributed by atoms with Gasteiger partial charge in [-0.15, -0.1) is 0 Å². The fourth-order valence-corrected chi connectivity index (χ4v) is 2.59. The van der Waals surface area contributed by atoms with Gasteiger partial charge in [0.2, 0.25) is 5.91 Å². The van der Waals surface area contributed by atoms with Crippen molar-refractivity contribution in [3.05, 3.63) is 0 Å². The van der Waals surface area contributed by atoms with Crippen LogP contribution < -0.4 is 5.32 Å². The number of amides is 2. The molecule has 0 aromatic rings. The van der Waals surface area contributed by atoms with Crippen LogP contribution in [0.15, 0.2) is 0 Å². The first-order valence-corrected chi connectivity index (χ1v) is 10.1. The van der Waals surface area contributed by atoms with Crippen LogP contribution >= 0.6 is 0 Å². The number of piperidine rings is 1. The van der Waals surface area contributed by atoms with Gasteiger partial charge in [0.05, 0.1) is 18.4 Å². The van der Waals surface area contributed by atoms with Gasteiger partial charge in [0.25, 0.3) is 0 Å². The molecule has 10 heteroatoms. The van der Waals surface area contributed by atoms with Crippen LogP contribution in [0.1, 0.15) is 67.2 Å². The van der Waals surface area contributed by atoms with Crippen molar-refractivity contribution in [1.82, 2.24) is 10.2 Å². The van der Waals surface area contributed by atoms with Crippen LogP contribution in [0.4, 0.5) is 18.0 Å². The lowest BCUT2D eigenvalue weighted by atomic mass is 9.88. The van der Waals surface area contributed by atoms with Crippen LogP contribution in [-0.2, 0) is 19.1 Å². The molecule has 30 heavy (non-hydrogen) atoms. The highest BCUT2D eigenvalue weighted by Crippen LogP contribution is 2.33. The van der Waals surface area contributed by atoms with Gasteiger partial charge >= 0.3 is 18.2 Å². The predicted octanol–water partition coefficient (Wildman–Crippen LogP) is 4.05. The molecule has 1 N–H and O–H groups in total. The van der Waals surface area contributed by atoms with Crippen LogP contribution in [-0.4, -0.2) is 60.9 Å². The molecule has 0 spiro atoms. The molecule has 0 atom stereocenters. The molecule has 1 saturated heterocycles. The number of nitrogens with one attached hydrogen (secondary N) is 1. The van der Waals surface area contributed by atoms with Crippen molar-refractivity contribution in [3.63, 3.8) is 0 Å². The summed E-state index contributed by atoms with van der Waals surface area (Å²) in [6, 6.07) is 0. The lowest BCUT2D eigenvalue weighted by Crippen LogP contribution is -2.42. The Bertz CT molecular complexity index is 566. The van der Waals surface area contributed by atoms with Gasteiger partial charge in [-0.25, -0.2) is 4.79 Å². The number of likely N-dealkylation sites (tertiary alicyclic amines) is 1. The summed E-state index contributed by atoms with van der Waals surface area (Å²) in [4.78, 5) is 35.7. The van der Waals surface area contributed by atoms with Gasteiger partial charge in [0.1, 0.15) is 12.1 Å². The number of hydrogen-bond acceptors (Lipinski definition) is 5.